The Balaban J connectivity index is 1.53. The Morgan fingerprint density at radius 2 is 1.79 bits per heavy atom. The summed E-state index contributed by atoms with van der Waals surface area (Å²) in [7, 11) is -2.94. The van der Waals surface area contributed by atoms with Crippen LogP contribution in [0.2, 0.25) is 0 Å². The van der Waals surface area contributed by atoms with Crippen molar-refractivity contribution in [3.05, 3.63) is 65.2 Å². The van der Waals surface area contributed by atoms with Crippen molar-refractivity contribution in [3.63, 3.8) is 0 Å². The average Bonchev–Trinajstić information content (AvgIpc) is 3.05. The van der Waals surface area contributed by atoms with Crippen LogP contribution >= 0.6 is 0 Å². The summed E-state index contributed by atoms with van der Waals surface area (Å²) < 4.78 is 30.0. The summed E-state index contributed by atoms with van der Waals surface area (Å²) in [6, 6.07) is 12.4. The van der Waals surface area contributed by atoms with Crippen LogP contribution in [0.25, 0.3) is 0 Å². The monoisotopic (exact) mass is 417 g/mol. The van der Waals surface area contributed by atoms with Crippen molar-refractivity contribution in [1.82, 2.24) is 14.9 Å². The fourth-order valence-electron chi connectivity index (χ4n) is 2.87. The molecule has 1 heterocycles. The van der Waals surface area contributed by atoms with Gasteiger partial charge in [-0.3, -0.25) is 9.69 Å². The molecule has 29 heavy (non-hydrogen) atoms. The molecular weight excluding hydrogens is 398 g/mol. The quantitative estimate of drug-likeness (QED) is 0.763. The van der Waals surface area contributed by atoms with Crippen molar-refractivity contribution in [2.45, 2.75) is 17.9 Å². The Morgan fingerprint density at radius 3 is 2.45 bits per heavy atom. The zero-order chi connectivity index (χ0) is 21.0. The number of methoxy groups -OCH3 is 1. The number of nitrogens with one attached hydrogen (secondary N) is 2. The molecule has 0 atom stereocenters. The zero-order valence-corrected chi connectivity index (χ0v) is 16.4. The Kier molecular flexibility index (Phi) is 5.83. The summed E-state index contributed by atoms with van der Waals surface area (Å²) in [4.78, 5) is 36.7. The zero-order valence-electron chi connectivity index (χ0n) is 15.5. The maximum atomic E-state index is 12.3. The molecule has 9 nitrogen and oxygen atoms in total. The second-order valence-corrected chi connectivity index (χ2v) is 7.95. The third-order valence-corrected chi connectivity index (χ3v) is 5.72. The van der Waals surface area contributed by atoms with Gasteiger partial charge in [-0.1, -0.05) is 30.3 Å². The van der Waals surface area contributed by atoms with E-state index in [2.05, 4.69) is 10.1 Å². The first-order valence-electron chi connectivity index (χ1n) is 8.69. The van der Waals surface area contributed by atoms with E-state index in [4.69, 9.17) is 0 Å². The first-order valence-corrected chi connectivity index (χ1v) is 10.2. The summed E-state index contributed by atoms with van der Waals surface area (Å²) in [6.45, 7) is 0.506. The Morgan fingerprint density at radius 1 is 1.10 bits per heavy atom. The highest BCUT2D eigenvalue weighted by Gasteiger charge is 2.31. The number of ether oxygens (including phenoxy) is 1. The van der Waals surface area contributed by atoms with Crippen molar-refractivity contribution in [2.75, 3.05) is 13.7 Å². The highest BCUT2D eigenvalue weighted by atomic mass is 32.2. The minimum Gasteiger partial charge on any atom is -0.452 e. The molecule has 0 bridgehead atoms. The van der Waals surface area contributed by atoms with Crippen LogP contribution in [0, 0.1) is 0 Å². The van der Waals surface area contributed by atoms with Gasteiger partial charge in [0.1, 0.15) is 0 Å². The number of hydrogen-bond donors (Lipinski definition) is 2. The van der Waals surface area contributed by atoms with E-state index in [1.165, 1.54) is 12.1 Å². The summed E-state index contributed by atoms with van der Waals surface area (Å²) in [5, 5.41) is 2.69. The van der Waals surface area contributed by atoms with Crippen molar-refractivity contribution >= 4 is 28.1 Å². The fraction of sp³-hybridized carbons (Fsp3) is 0.211. The molecule has 4 amide bonds. The van der Waals surface area contributed by atoms with Gasteiger partial charge in [0.25, 0.3) is 15.9 Å². The van der Waals surface area contributed by atoms with Gasteiger partial charge in [0.05, 0.1) is 18.6 Å². The molecule has 0 saturated carbocycles. The molecule has 0 fully saturated rings. The van der Waals surface area contributed by atoms with E-state index in [1.807, 2.05) is 12.1 Å². The summed E-state index contributed by atoms with van der Waals surface area (Å²) in [5.41, 5.74) is 2.11. The fourth-order valence-corrected chi connectivity index (χ4v) is 3.79. The first kappa shape index (κ1) is 20.3. The number of imide groups is 1. The average molecular weight is 417 g/mol. The van der Waals surface area contributed by atoms with E-state index in [0.29, 0.717) is 12.0 Å². The Bertz CT molecular complexity index is 1050. The van der Waals surface area contributed by atoms with E-state index >= 15 is 0 Å². The molecule has 1 aliphatic heterocycles. The van der Waals surface area contributed by atoms with Gasteiger partial charge in [-0.25, -0.2) is 22.7 Å². The smallest absolute Gasteiger partial charge is 0.420 e. The number of fused-ring (bicyclic) bond motifs is 1. The highest BCUT2D eigenvalue weighted by molar-refractivity contribution is 7.90. The molecule has 0 aliphatic carbocycles. The molecule has 0 spiro atoms. The third kappa shape index (κ3) is 4.54. The van der Waals surface area contributed by atoms with Crippen LogP contribution < -0.4 is 10.0 Å². The van der Waals surface area contributed by atoms with E-state index in [0.717, 1.165) is 23.1 Å². The molecule has 152 valence electrons. The summed E-state index contributed by atoms with van der Waals surface area (Å²) in [6.07, 6.45) is -0.638. The van der Waals surface area contributed by atoms with E-state index in [-0.39, 0.29) is 23.9 Å². The molecule has 3 rings (SSSR count). The molecular formula is C19H19N3O6S. The van der Waals surface area contributed by atoms with Gasteiger partial charge in [-0.2, -0.15) is 0 Å². The number of benzene rings is 2. The number of sulfonamides is 1. The lowest BCUT2D eigenvalue weighted by Crippen LogP contribution is -2.40. The standard InChI is InChI=1S/C19H19N3O6S/c1-28-19(25)21-29(26,27)15-8-6-13(7-9-15)10-11-20-18(24)22-12-14-4-2-3-5-16(14)17(22)23/h2-9H,10-12H2,1H3,(H,20,24)(H,21,25). The predicted molar refractivity (Wildman–Crippen MR) is 103 cm³/mol. The first-order chi connectivity index (χ1) is 13.8. The van der Waals surface area contributed by atoms with Crippen LogP contribution in [0.3, 0.4) is 0 Å². The van der Waals surface area contributed by atoms with Gasteiger partial charge in [0, 0.05) is 12.1 Å². The minimum atomic E-state index is -4.00. The van der Waals surface area contributed by atoms with Gasteiger partial charge in [0.15, 0.2) is 0 Å². The van der Waals surface area contributed by atoms with E-state index in [9.17, 15) is 22.8 Å². The summed E-state index contributed by atoms with van der Waals surface area (Å²) in [5.74, 6) is -0.328. The molecule has 0 unspecified atom stereocenters. The second-order valence-electron chi connectivity index (χ2n) is 6.27. The van der Waals surface area contributed by atoms with Gasteiger partial charge in [-0.15, -0.1) is 0 Å². The lowest BCUT2D eigenvalue weighted by Gasteiger charge is -2.14. The number of nitrogens with zero attached hydrogens (tertiary/aromatic N) is 1. The topological polar surface area (TPSA) is 122 Å². The lowest BCUT2D eigenvalue weighted by atomic mass is 10.1. The van der Waals surface area contributed by atoms with Crippen molar-refractivity contribution in [3.8, 4) is 0 Å². The largest absolute Gasteiger partial charge is 0.452 e. The number of carbonyl (C=O) groups excluding carboxylic acids is 3. The Labute approximate surface area is 167 Å². The number of urea groups is 1. The molecule has 10 heteroatoms. The second kappa shape index (κ2) is 8.31. The maximum Gasteiger partial charge on any atom is 0.420 e. The van der Waals surface area contributed by atoms with Crippen molar-refractivity contribution < 1.29 is 27.5 Å². The van der Waals surface area contributed by atoms with Gasteiger partial charge < -0.3 is 10.1 Å². The number of hydrogen-bond acceptors (Lipinski definition) is 6. The molecule has 0 aromatic heterocycles. The normalized spacial score (nSPS) is 13.0. The SMILES string of the molecule is COC(=O)NS(=O)(=O)c1ccc(CCNC(=O)N2Cc3ccccc3C2=O)cc1. The number of amides is 4. The highest BCUT2D eigenvalue weighted by Crippen LogP contribution is 2.22. The molecule has 2 N–H and O–H groups in total. The molecule has 2 aromatic rings. The minimum absolute atomic E-state index is 0.0869. The molecule has 0 saturated heterocycles. The van der Waals surface area contributed by atoms with Gasteiger partial charge in [0.2, 0.25) is 0 Å². The Hall–Kier alpha value is -3.40. The van der Waals surface area contributed by atoms with Crippen molar-refractivity contribution in [1.29, 1.82) is 0 Å². The number of carbonyl (C=O) groups is 3. The van der Waals surface area contributed by atoms with Crippen LogP contribution in [-0.2, 0) is 27.7 Å². The van der Waals surface area contributed by atoms with Crippen LogP contribution in [0.15, 0.2) is 53.4 Å². The number of rotatable bonds is 5. The predicted octanol–water partition coefficient (Wildman–Crippen LogP) is 1.64. The summed E-state index contributed by atoms with van der Waals surface area (Å²) >= 11 is 0. The van der Waals surface area contributed by atoms with Crippen LogP contribution in [0.1, 0.15) is 21.5 Å². The van der Waals surface area contributed by atoms with Crippen LogP contribution in [0.4, 0.5) is 9.59 Å². The molecule has 0 radical (unpaired) electrons. The van der Waals surface area contributed by atoms with E-state index < -0.39 is 22.1 Å². The maximum absolute atomic E-state index is 12.3. The van der Waals surface area contributed by atoms with Crippen LogP contribution in [0.5, 0.6) is 0 Å². The van der Waals surface area contributed by atoms with E-state index in [1.54, 1.807) is 29.0 Å². The lowest BCUT2D eigenvalue weighted by molar-refractivity contribution is 0.0821. The van der Waals surface area contributed by atoms with Gasteiger partial charge >= 0.3 is 12.1 Å². The van der Waals surface area contributed by atoms with Gasteiger partial charge in [-0.05, 0) is 35.7 Å². The van der Waals surface area contributed by atoms with Crippen molar-refractivity contribution in [2.24, 2.45) is 0 Å². The molecule has 2 aromatic carbocycles. The van der Waals surface area contributed by atoms with Crippen LogP contribution in [-0.4, -0.2) is 45.0 Å². The third-order valence-electron chi connectivity index (χ3n) is 4.39. The molecule has 1 aliphatic rings.